The molecule has 0 spiro atoms. The largest absolute Gasteiger partial charge is 0.466 e. The number of hydrogen-bond acceptors (Lipinski definition) is 8. The van der Waals surface area contributed by atoms with Gasteiger partial charge < -0.3 is 25.0 Å². The summed E-state index contributed by atoms with van der Waals surface area (Å²) in [6, 6.07) is 0. The topological polar surface area (TPSA) is 122 Å². The Kier molecular flexibility index (Phi) is 34.2. The van der Waals surface area contributed by atoms with E-state index in [1.165, 1.54) is 18.2 Å². The highest BCUT2D eigenvalue weighted by Crippen LogP contribution is 2.05. The monoisotopic (exact) mass is 497 g/mol. The van der Waals surface area contributed by atoms with Crippen LogP contribution in [0.15, 0.2) is 0 Å². The third-order valence-corrected chi connectivity index (χ3v) is 4.05. The molecule has 3 N–H and O–H groups in total. The van der Waals surface area contributed by atoms with E-state index >= 15 is 0 Å². The molecule has 0 heterocycles. The summed E-state index contributed by atoms with van der Waals surface area (Å²) in [7, 11) is 0. The molecule has 0 bridgehead atoms. The number of aliphatic hydroxyl groups is 2. The average molecular weight is 498 g/mol. The summed E-state index contributed by atoms with van der Waals surface area (Å²) < 4.78 is 9.58. The van der Waals surface area contributed by atoms with Crippen molar-refractivity contribution in [2.75, 3.05) is 39.2 Å². The van der Waals surface area contributed by atoms with Gasteiger partial charge in [0, 0.05) is 25.8 Å². The van der Waals surface area contributed by atoms with Crippen LogP contribution in [0.4, 0.5) is 0 Å². The summed E-state index contributed by atoms with van der Waals surface area (Å²) in [6.07, 6.45) is 5.11. The lowest BCUT2D eigenvalue weighted by Crippen LogP contribution is -2.30. The molecule has 9 heteroatoms. The van der Waals surface area contributed by atoms with Gasteiger partial charge in [-0.15, -0.1) is 0 Å². The first-order valence-corrected chi connectivity index (χ1v) is 13.0. The van der Waals surface area contributed by atoms with Crippen molar-refractivity contribution in [1.29, 1.82) is 0 Å². The van der Waals surface area contributed by atoms with Crippen molar-refractivity contribution in [3.63, 3.8) is 0 Å². The van der Waals surface area contributed by atoms with E-state index in [4.69, 9.17) is 14.9 Å². The number of carbonyl (C=O) groups is 3. The summed E-state index contributed by atoms with van der Waals surface area (Å²) in [5.74, 6) is 0.457. The summed E-state index contributed by atoms with van der Waals surface area (Å²) in [5.41, 5.74) is -0.511. The third kappa shape index (κ3) is 41.6. The molecule has 200 valence electrons. The van der Waals surface area contributed by atoms with Gasteiger partial charge in [0.25, 0.3) is 0 Å². The molecule has 0 aromatic carbocycles. The van der Waals surface area contributed by atoms with Crippen LogP contribution in [0.1, 0.15) is 87.5 Å². The van der Waals surface area contributed by atoms with E-state index in [9.17, 15) is 14.4 Å². The molecule has 0 aromatic rings. The highest BCUT2D eigenvalue weighted by atomic mass is 32.2. The predicted octanol–water partition coefficient (Wildman–Crippen LogP) is 3.96. The minimum atomic E-state index is -0.511. The van der Waals surface area contributed by atoms with Crippen LogP contribution in [-0.2, 0) is 23.9 Å². The maximum atomic E-state index is 11.2. The number of hydrogen-bond donors (Lipinski definition) is 3. The van der Waals surface area contributed by atoms with Crippen LogP contribution in [0.25, 0.3) is 0 Å². The summed E-state index contributed by atoms with van der Waals surface area (Å²) >= 11 is 1.18. The third-order valence-electron chi connectivity index (χ3n) is 3.39. The lowest BCUT2D eigenvalue weighted by atomic mass is 10.1. The van der Waals surface area contributed by atoms with Crippen LogP contribution >= 0.6 is 11.8 Å². The van der Waals surface area contributed by atoms with Gasteiger partial charge in [-0.2, -0.15) is 0 Å². The van der Waals surface area contributed by atoms with E-state index in [-0.39, 0.29) is 36.8 Å². The highest BCUT2D eigenvalue weighted by Gasteiger charge is 2.15. The molecular formula is C24H51NO7S. The number of thioether (sulfide) groups is 1. The molecule has 0 aliphatic rings. The van der Waals surface area contributed by atoms with Crippen molar-refractivity contribution in [1.82, 2.24) is 5.32 Å². The minimum absolute atomic E-state index is 0.00340. The van der Waals surface area contributed by atoms with Crippen molar-refractivity contribution in [3.05, 3.63) is 0 Å². The van der Waals surface area contributed by atoms with Crippen LogP contribution in [0, 0.1) is 5.92 Å². The van der Waals surface area contributed by atoms with Crippen LogP contribution in [-0.4, -0.2) is 72.0 Å². The summed E-state index contributed by atoms with van der Waals surface area (Å²) in [4.78, 5) is 32.2. The number of aliphatic hydroxyl groups excluding tert-OH is 2. The van der Waals surface area contributed by atoms with Crippen molar-refractivity contribution < 1.29 is 34.1 Å². The van der Waals surface area contributed by atoms with Gasteiger partial charge in [0.1, 0.15) is 0 Å². The minimum Gasteiger partial charge on any atom is -0.466 e. The van der Waals surface area contributed by atoms with E-state index in [1.54, 1.807) is 34.0 Å². The van der Waals surface area contributed by atoms with Crippen molar-refractivity contribution >= 4 is 28.8 Å². The van der Waals surface area contributed by atoms with E-state index in [2.05, 4.69) is 37.7 Å². The van der Waals surface area contributed by atoms with Crippen LogP contribution in [0.3, 0.4) is 0 Å². The van der Waals surface area contributed by atoms with Crippen LogP contribution in [0.2, 0.25) is 0 Å². The van der Waals surface area contributed by atoms with Crippen molar-refractivity contribution in [2.24, 2.45) is 5.92 Å². The zero-order valence-electron chi connectivity index (χ0n) is 22.5. The Balaban J connectivity index is -0.000000191. The van der Waals surface area contributed by atoms with Gasteiger partial charge in [-0.1, -0.05) is 52.8 Å². The zero-order valence-corrected chi connectivity index (χ0v) is 23.3. The van der Waals surface area contributed by atoms with Crippen LogP contribution in [0.5, 0.6) is 0 Å². The fourth-order valence-electron chi connectivity index (χ4n) is 1.54. The second-order valence-electron chi connectivity index (χ2n) is 7.96. The fraction of sp³-hybridized carbons (Fsp3) is 0.875. The molecule has 0 unspecified atom stereocenters. The zero-order chi connectivity index (χ0) is 26.7. The molecule has 0 radical (unpaired) electrons. The summed E-state index contributed by atoms with van der Waals surface area (Å²) in [5, 5.41) is 19.8. The van der Waals surface area contributed by atoms with Gasteiger partial charge in [-0.25, -0.2) is 0 Å². The molecule has 1 amide bonds. The Morgan fingerprint density at radius 3 is 1.91 bits per heavy atom. The Morgan fingerprint density at radius 1 is 1.03 bits per heavy atom. The number of nitrogens with one attached hydrogen (secondary N) is 1. The first kappa shape index (κ1) is 39.1. The molecule has 0 aliphatic heterocycles. The molecule has 8 nitrogen and oxygen atoms in total. The molecule has 0 aromatic heterocycles. The standard InChI is InChI=1S/C10H19NO2S.C6H14O3.C5H10O2.C3H8/c1-8(2)6-7-11-9(12)4-5-10(13)14-3;1-6(2,5-8)9-4-3-7;1-3-5(6)7-4-2;1-3-2/h8H,4-7H2,1-3H3,(H,11,12);7-8H,3-5H2,1-2H3;3-4H2,1-2H3;3H2,1-2H3. The maximum Gasteiger partial charge on any atom is 0.305 e. The Hall–Kier alpha value is -1.16. The van der Waals surface area contributed by atoms with E-state index in [0.29, 0.717) is 38.3 Å². The van der Waals surface area contributed by atoms with E-state index in [0.717, 1.165) is 6.42 Å². The van der Waals surface area contributed by atoms with Gasteiger partial charge in [-0.05, 0) is 39.4 Å². The van der Waals surface area contributed by atoms with Crippen molar-refractivity contribution in [2.45, 2.75) is 93.1 Å². The fourth-order valence-corrected chi connectivity index (χ4v) is 1.84. The molecule has 0 saturated heterocycles. The molecule has 0 aliphatic carbocycles. The number of ether oxygens (including phenoxy) is 2. The van der Waals surface area contributed by atoms with E-state index in [1.807, 2.05) is 0 Å². The lowest BCUT2D eigenvalue weighted by Gasteiger charge is -2.21. The average Bonchev–Trinajstić information content (AvgIpc) is 2.77. The van der Waals surface area contributed by atoms with Gasteiger partial charge in [-0.3, -0.25) is 14.4 Å². The number of carbonyl (C=O) groups excluding carboxylic acids is 3. The number of esters is 1. The first-order chi connectivity index (χ1) is 15.4. The normalized spacial score (nSPS) is 9.94. The van der Waals surface area contributed by atoms with Gasteiger partial charge in [0.15, 0.2) is 5.12 Å². The molecule has 0 atom stereocenters. The highest BCUT2D eigenvalue weighted by molar-refractivity contribution is 8.13. The Labute approximate surface area is 206 Å². The first-order valence-electron chi connectivity index (χ1n) is 11.8. The molecular weight excluding hydrogens is 446 g/mol. The molecule has 33 heavy (non-hydrogen) atoms. The predicted molar refractivity (Wildman–Crippen MR) is 137 cm³/mol. The second-order valence-corrected chi connectivity index (χ2v) is 8.83. The van der Waals surface area contributed by atoms with Gasteiger partial charge >= 0.3 is 5.97 Å². The maximum absolute atomic E-state index is 11.2. The number of rotatable bonds is 12. The lowest BCUT2D eigenvalue weighted by molar-refractivity contribution is -0.142. The Bertz CT molecular complexity index is 458. The van der Waals surface area contributed by atoms with E-state index < -0.39 is 5.60 Å². The molecule has 0 saturated carbocycles. The van der Waals surface area contributed by atoms with Gasteiger partial charge in [0.2, 0.25) is 5.91 Å². The number of amides is 1. The Morgan fingerprint density at radius 2 is 1.58 bits per heavy atom. The van der Waals surface area contributed by atoms with Crippen LogP contribution < -0.4 is 5.32 Å². The molecule has 0 fully saturated rings. The summed E-state index contributed by atoms with van der Waals surface area (Å²) in [6.45, 7) is 17.1. The quantitative estimate of drug-likeness (QED) is 0.346. The van der Waals surface area contributed by atoms with Gasteiger partial charge in [0.05, 0.1) is 32.0 Å². The smallest absolute Gasteiger partial charge is 0.305 e. The SMILES string of the molecule is CC(C)(CO)OCCO.CCC.CCOC(=O)CC.CSC(=O)CCC(=O)NCCC(C)C. The van der Waals surface area contributed by atoms with Crippen molar-refractivity contribution in [3.8, 4) is 0 Å². The second kappa shape index (κ2) is 28.9. The molecule has 0 rings (SSSR count).